The Morgan fingerprint density at radius 3 is 2.36 bits per heavy atom. The lowest BCUT2D eigenvalue weighted by atomic mass is 9.74. The molecule has 28 heavy (non-hydrogen) atoms. The number of hydrogen-bond acceptors (Lipinski definition) is 5. The molecule has 1 fully saturated rings. The van der Waals surface area contributed by atoms with Gasteiger partial charge in [0.2, 0.25) is 0 Å². The number of carbonyl (C=O) groups excluding carboxylic acids is 3. The fourth-order valence-corrected chi connectivity index (χ4v) is 3.66. The number of ether oxygens (including phenoxy) is 2. The van der Waals surface area contributed by atoms with Gasteiger partial charge in [0, 0.05) is 36.0 Å². The highest BCUT2D eigenvalue weighted by Gasteiger charge is 2.52. The molecule has 1 aromatic rings. The number of esters is 1. The fourth-order valence-electron chi connectivity index (χ4n) is 3.13. The molecule has 1 heterocycles. The van der Waals surface area contributed by atoms with Crippen molar-refractivity contribution < 1.29 is 23.9 Å². The van der Waals surface area contributed by atoms with Crippen molar-refractivity contribution in [1.29, 1.82) is 0 Å². The number of piperidine rings is 1. The second-order valence-electron chi connectivity index (χ2n) is 7.75. The number of carbonyl (C=O) groups is 3. The van der Waals surface area contributed by atoms with Crippen LogP contribution in [-0.2, 0) is 25.5 Å². The smallest absolute Gasteiger partial charge is 0.410 e. The summed E-state index contributed by atoms with van der Waals surface area (Å²) < 4.78 is 10.6. The van der Waals surface area contributed by atoms with Gasteiger partial charge in [-0.1, -0.05) is 29.3 Å². The second-order valence-corrected chi connectivity index (χ2v) is 8.57. The first kappa shape index (κ1) is 22.5. The first-order chi connectivity index (χ1) is 13.0. The molecule has 0 aromatic heterocycles. The highest BCUT2D eigenvalue weighted by molar-refractivity contribution is 6.36. The summed E-state index contributed by atoms with van der Waals surface area (Å²) in [7, 11) is 0. The van der Waals surface area contributed by atoms with Gasteiger partial charge in [0.1, 0.15) is 11.0 Å². The third-order valence-electron chi connectivity index (χ3n) is 4.46. The summed E-state index contributed by atoms with van der Waals surface area (Å²) in [4.78, 5) is 39.8. The maximum Gasteiger partial charge on any atom is 0.410 e. The van der Waals surface area contributed by atoms with Crippen LogP contribution in [0.1, 0.15) is 39.7 Å². The van der Waals surface area contributed by atoms with Gasteiger partial charge in [0.05, 0.1) is 6.61 Å². The van der Waals surface area contributed by atoms with Gasteiger partial charge >= 0.3 is 12.1 Å². The Labute approximate surface area is 175 Å². The maximum atomic E-state index is 12.9. The van der Waals surface area contributed by atoms with E-state index in [1.165, 1.54) is 4.90 Å². The minimum Gasteiger partial charge on any atom is -0.465 e. The Hall–Kier alpha value is -1.79. The van der Waals surface area contributed by atoms with Gasteiger partial charge < -0.3 is 14.4 Å². The van der Waals surface area contributed by atoms with E-state index in [-0.39, 0.29) is 38.3 Å². The number of halogens is 2. The molecule has 1 aromatic carbocycles. The number of amides is 1. The van der Waals surface area contributed by atoms with Crippen LogP contribution in [0.2, 0.25) is 10.0 Å². The van der Waals surface area contributed by atoms with Gasteiger partial charge in [0.25, 0.3) is 0 Å². The van der Waals surface area contributed by atoms with Gasteiger partial charge in [-0.15, -0.1) is 0 Å². The van der Waals surface area contributed by atoms with Crippen molar-refractivity contribution in [2.75, 3.05) is 19.7 Å². The standard InChI is InChI=1S/C20H25Cl2NO5/c1-5-27-17(25)20(11-13-14(21)7-6-8-15(13)22)12-23(10-9-16(20)24)18(26)28-19(2,3)4/h6-8H,5,9-12H2,1-4H3. The monoisotopic (exact) mass is 429 g/mol. The van der Waals surface area contributed by atoms with Crippen LogP contribution in [0.3, 0.4) is 0 Å². The third-order valence-corrected chi connectivity index (χ3v) is 5.17. The molecule has 0 bridgehead atoms. The van der Waals surface area contributed by atoms with Crippen molar-refractivity contribution in [3.63, 3.8) is 0 Å². The Bertz CT molecular complexity index is 754. The second kappa shape index (κ2) is 8.70. The average Bonchev–Trinajstić information content (AvgIpc) is 2.58. The van der Waals surface area contributed by atoms with Gasteiger partial charge in [-0.05, 0) is 45.4 Å². The number of hydrogen-bond donors (Lipinski definition) is 0. The molecular formula is C20H25Cl2NO5. The van der Waals surface area contributed by atoms with Crippen LogP contribution < -0.4 is 0 Å². The SMILES string of the molecule is CCOC(=O)C1(Cc2c(Cl)cccc2Cl)CN(C(=O)OC(C)(C)C)CCC1=O. The number of nitrogens with zero attached hydrogens (tertiary/aromatic N) is 1. The Balaban J connectivity index is 2.43. The first-order valence-corrected chi connectivity index (χ1v) is 9.87. The van der Waals surface area contributed by atoms with Crippen LogP contribution in [-0.4, -0.2) is 48.0 Å². The number of likely N-dealkylation sites (tertiary alicyclic amines) is 1. The summed E-state index contributed by atoms with van der Waals surface area (Å²) in [5, 5.41) is 0.691. The summed E-state index contributed by atoms with van der Waals surface area (Å²) in [5.74, 6) is -0.994. The van der Waals surface area contributed by atoms with Crippen molar-refractivity contribution in [1.82, 2.24) is 4.90 Å². The van der Waals surface area contributed by atoms with Crippen molar-refractivity contribution in [3.05, 3.63) is 33.8 Å². The van der Waals surface area contributed by atoms with Gasteiger partial charge in [0.15, 0.2) is 5.78 Å². The molecule has 0 N–H and O–H groups in total. The summed E-state index contributed by atoms with van der Waals surface area (Å²) in [6, 6.07) is 4.96. The zero-order chi connectivity index (χ0) is 21.1. The van der Waals surface area contributed by atoms with E-state index in [4.69, 9.17) is 32.7 Å². The molecular weight excluding hydrogens is 405 g/mol. The zero-order valence-electron chi connectivity index (χ0n) is 16.5. The summed E-state index contributed by atoms with van der Waals surface area (Å²) in [5.41, 5.74) is -1.81. The maximum absolute atomic E-state index is 12.9. The van der Waals surface area contributed by atoms with Crippen molar-refractivity contribution in [2.45, 2.75) is 46.1 Å². The number of rotatable bonds is 4. The van der Waals surface area contributed by atoms with Crippen LogP contribution in [0.4, 0.5) is 4.79 Å². The summed E-state index contributed by atoms with van der Waals surface area (Å²) in [6.45, 7) is 7.04. The van der Waals surface area contributed by atoms with Gasteiger partial charge in [-0.3, -0.25) is 9.59 Å². The van der Waals surface area contributed by atoms with Crippen LogP contribution in [0.5, 0.6) is 0 Å². The highest BCUT2D eigenvalue weighted by atomic mass is 35.5. The quantitative estimate of drug-likeness (QED) is 0.526. The van der Waals surface area contributed by atoms with Crippen LogP contribution in [0, 0.1) is 5.41 Å². The topological polar surface area (TPSA) is 72.9 Å². The number of benzene rings is 1. The molecule has 1 atom stereocenters. The Kier molecular flexibility index (Phi) is 6.99. The molecule has 6 nitrogen and oxygen atoms in total. The molecule has 154 valence electrons. The largest absolute Gasteiger partial charge is 0.465 e. The molecule has 0 saturated carbocycles. The number of Topliss-reactive ketones (excluding diaryl/α,β-unsaturated/α-hetero) is 1. The van der Waals surface area contributed by atoms with Crippen molar-refractivity contribution in [2.24, 2.45) is 5.41 Å². The molecule has 2 rings (SSSR count). The van der Waals surface area contributed by atoms with Gasteiger partial charge in [-0.25, -0.2) is 4.79 Å². The molecule has 1 aliphatic rings. The van der Waals surface area contributed by atoms with E-state index in [1.54, 1.807) is 45.9 Å². The zero-order valence-corrected chi connectivity index (χ0v) is 18.0. The Morgan fingerprint density at radius 1 is 1.21 bits per heavy atom. The third kappa shape index (κ3) is 4.97. The fraction of sp³-hybridized carbons (Fsp3) is 0.550. The molecule has 1 unspecified atom stereocenters. The number of ketones is 1. The van der Waals surface area contributed by atoms with Crippen LogP contribution in [0.25, 0.3) is 0 Å². The lowest BCUT2D eigenvalue weighted by Gasteiger charge is -2.40. The first-order valence-electron chi connectivity index (χ1n) is 9.11. The van der Waals surface area contributed by atoms with E-state index in [0.29, 0.717) is 15.6 Å². The summed E-state index contributed by atoms with van der Waals surface area (Å²) in [6.07, 6.45) is -0.623. The minimum atomic E-state index is -1.58. The van der Waals surface area contributed by atoms with Crippen molar-refractivity contribution >= 4 is 41.0 Å². The van der Waals surface area contributed by atoms with Crippen molar-refractivity contribution in [3.8, 4) is 0 Å². The normalized spacial score (nSPS) is 20.1. The molecule has 0 radical (unpaired) electrons. The van der Waals surface area contributed by atoms with E-state index in [9.17, 15) is 14.4 Å². The van der Waals surface area contributed by atoms with Gasteiger partial charge in [-0.2, -0.15) is 0 Å². The van der Waals surface area contributed by atoms with E-state index < -0.39 is 23.1 Å². The van der Waals surface area contributed by atoms with Crippen LogP contribution >= 0.6 is 23.2 Å². The minimum absolute atomic E-state index is 0.0140. The molecule has 0 spiro atoms. The van der Waals surface area contributed by atoms with E-state index in [1.807, 2.05) is 0 Å². The van der Waals surface area contributed by atoms with E-state index >= 15 is 0 Å². The summed E-state index contributed by atoms with van der Waals surface area (Å²) >= 11 is 12.5. The molecule has 1 saturated heterocycles. The predicted octanol–water partition coefficient (Wildman–Crippen LogP) is 4.30. The highest BCUT2D eigenvalue weighted by Crippen LogP contribution is 2.37. The lowest BCUT2D eigenvalue weighted by molar-refractivity contribution is -0.163. The Morgan fingerprint density at radius 2 is 1.82 bits per heavy atom. The van der Waals surface area contributed by atoms with Crippen LogP contribution in [0.15, 0.2) is 18.2 Å². The molecule has 1 aliphatic heterocycles. The van der Waals surface area contributed by atoms with E-state index in [2.05, 4.69) is 0 Å². The molecule has 1 amide bonds. The predicted molar refractivity (Wildman–Crippen MR) is 107 cm³/mol. The average molecular weight is 430 g/mol. The molecule has 8 heteroatoms. The lowest BCUT2D eigenvalue weighted by Crippen LogP contribution is -2.57. The molecule has 0 aliphatic carbocycles. The van der Waals surface area contributed by atoms with E-state index in [0.717, 1.165) is 0 Å².